The fourth-order valence-corrected chi connectivity index (χ4v) is 2.49. The largest absolute Gasteiger partial charge is 0.370 e. The first-order valence-corrected chi connectivity index (χ1v) is 7.67. The van der Waals surface area contributed by atoms with Crippen LogP contribution in [0.15, 0.2) is 4.99 Å². The van der Waals surface area contributed by atoms with Crippen molar-refractivity contribution < 1.29 is 4.79 Å². The summed E-state index contributed by atoms with van der Waals surface area (Å²) in [6, 6.07) is 0. The standard InChI is InChI=1S/C15H31N5O/c1-15(2,19(4)5)11-18-14(17-3)20-8-6-7-12(10-20)9-13(16)21/h12H,6-11H2,1-5H3,(H2,16,21)(H,17,18). The Morgan fingerprint density at radius 1 is 1.48 bits per heavy atom. The number of hydrogen-bond acceptors (Lipinski definition) is 3. The van der Waals surface area contributed by atoms with Crippen molar-refractivity contribution in [2.24, 2.45) is 16.6 Å². The first-order chi connectivity index (χ1) is 9.76. The number of nitrogens with zero attached hydrogens (tertiary/aromatic N) is 3. The van der Waals surface area contributed by atoms with Gasteiger partial charge in [-0.2, -0.15) is 0 Å². The number of nitrogens with one attached hydrogen (secondary N) is 1. The van der Waals surface area contributed by atoms with Crippen molar-refractivity contribution in [1.29, 1.82) is 0 Å². The summed E-state index contributed by atoms with van der Waals surface area (Å²) in [6.07, 6.45) is 2.62. The smallest absolute Gasteiger partial charge is 0.217 e. The second-order valence-electron chi connectivity index (χ2n) is 6.73. The molecular weight excluding hydrogens is 266 g/mol. The number of aliphatic imine (C=N–C) groups is 1. The molecule has 0 aliphatic carbocycles. The SMILES string of the molecule is CN=C(NCC(C)(C)N(C)C)N1CCCC(CC(N)=O)C1. The van der Waals surface area contributed by atoms with Crippen LogP contribution in [0.5, 0.6) is 0 Å². The van der Waals surface area contributed by atoms with E-state index in [4.69, 9.17) is 5.73 Å². The van der Waals surface area contributed by atoms with Crippen LogP contribution in [0.3, 0.4) is 0 Å². The second kappa shape index (κ2) is 7.64. The molecule has 0 spiro atoms. The van der Waals surface area contributed by atoms with Crippen molar-refractivity contribution >= 4 is 11.9 Å². The molecule has 1 aliphatic rings. The fourth-order valence-electron chi connectivity index (χ4n) is 2.49. The number of amides is 1. The first kappa shape index (κ1) is 17.8. The first-order valence-electron chi connectivity index (χ1n) is 7.67. The predicted molar refractivity (Wildman–Crippen MR) is 87.2 cm³/mol. The van der Waals surface area contributed by atoms with Crippen molar-refractivity contribution in [2.75, 3.05) is 40.8 Å². The van der Waals surface area contributed by atoms with Crippen LogP contribution >= 0.6 is 0 Å². The number of primary amides is 1. The van der Waals surface area contributed by atoms with Gasteiger partial charge >= 0.3 is 0 Å². The van der Waals surface area contributed by atoms with E-state index in [0.29, 0.717) is 12.3 Å². The van der Waals surface area contributed by atoms with E-state index >= 15 is 0 Å². The number of piperidine rings is 1. The monoisotopic (exact) mass is 297 g/mol. The highest BCUT2D eigenvalue weighted by Gasteiger charge is 2.25. The number of carbonyl (C=O) groups excluding carboxylic acids is 1. The van der Waals surface area contributed by atoms with E-state index in [1.165, 1.54) is 0 Å². The molecule has 0 aromatic heterocycles. The van der Waals surface area contributed by atoms with Gasteiger partial charge in [-0.3, -0.25) is 9.79 Å². The van der Waals surface area contributed by atoms with Gasteiger partial charge in [-0.15, -0.1) is 0 Å². The number of likely N-dealkylation sites (N-methyl/N-ethyl adjacent to an activating group) is 1. The van der Waals surface area contributed by atoms with Crippen LogP contribution in [0.4, 0.5) is 0 Å². The zero-order chi connectivity index (χ0) is 16.0. The zero-order valence-electron chi connectivity index (χ0n) is 14.1. The average Bonchev–Trinajstić information content (AvgIpc) is 2.38. The summed E-state index contributed by atoms with van der Waals surface area (Å²) in [5.74, 6) is 1.05. The Morgan fingerprint density at radius 2 is 2.14 bits per heavy atom. The zero-order valence-corrected chi connectivity index (χ0v) is 14.1. The van der Waals surface area contributed by atoms with Crippen LogP contribution in [-0.2, 0) is 4.79 Å². The molecule has 0 bridgehead atoms. The summed E-state index contributed by atoms with van der Waals surface area (Å²) in [6.45, 7) is 7.05. The molecule has 21 heavy (non-hydrogen) atoms. The third-order valence-corrected chi connectivity index (χ3v) is 4.41. The van der Waals surface area contributed by atoms with Gasteiger partial charge in [0, 0.05) is 38.6 Å². The highest BCUT2D eigenvalue weighted by Crippen LogP contribution is 2.19. The van der Waals surface area contributed by atoms with Gasteiger partial charge in [-0.05, 0) is 46.7 Å². The van der Waals surface area contributed by atoms with E-state index in [9.17, 15) is 4.79 Å². The molecule has 0 radical (unpaired) electrons. The van der Waals surface area contributed by atoms with Gasteiger partial charge in [0.25, 0.3) is 0 Å². The summed E-state index contributed by atoms with van der Waals surface area (Å²) in [4.78, 5) is 19.9. The molecular formula is C15H31N5O. The third-order valence-electron chi connectivity index (χ3n) is 4.41. The number of likely N-dealkylation sites (tertiary alicyclic amines) is 1. The van der Waals surface area contributed by atoms with Gasteiger partial charge in [-0.1, -0.05) is 0 Å². The van der Waals surface area contributed by atoms with Crippen LogP contribution < -0.4 is 11.1 Å². The Hall–Kier alpha value is -1.30. The van der Waals surface area contributed by atoms with E-state index in [0.717, 1.165) is 38.4 Å². The van der Waals surface area contributed by atoms with Crippen LogP contribution in [0.2, 0.25) is 0 Å². The van der Waals surface area contributed by atoms with E-state index in [2.05, 4.69) is 48.1 Å². The van der Waals surface area contributed by atoms with E-state index in [1.54, 1.807) is 0 Å². The molecule has 1 unspecified atom stereocenters. The molecule has 3 N–H and O–H groups in total. The van der Waals surface area contributed by atoms with Crippen LogP contribution in [0.1, 0.15) is 33.1 Å². The van der Waals surface area contributed by atoms with Crippen molar-refractivity contribution in [3.05, 3.63) is 0 Å². The minimum Gasteiger partial charge on any atom is -0.370 e. The number of carbonyl (C=O) groups is 1. The van der Waals surface area contributed by atoms with Crippen molar-refractivity contribution in [3.8, 4) is 0 Å². The molecule has 1 fully saturated rings. The lowest BCUT2D eigenvalue weighted by Crippen LogP contribution is -2.53. The number of guanidine groups is 1. The Bertz CT molecular complexity index is 378. The molecule has 0 aromatic rings. The van der Waals surface area contributed by atoms with Gasteiger partial charge in [-0.25, -0.2) is 0 Å². The highest BCUT2D eigenvalue weighted by molar-refractivity contribution is 5.80. The molecule has 1 aliphatic heterocycles. The van der Waals surface area contributed by atoms with Crippen LogP contribution in [-0.4, -0.2) is 68.0 Å². The van der Waals surface area contributed by atoms with Gasteiger partial charge < -0.3 is 20.9 Å². The Labute approximate surface area is 128 Å². The summed E-state index contributed by atoms with van der Waals surface area (Å²) in [5.41, 5.74) is 5.37. The molecule has 1 atom stereocenters. The third kappa shape index (κ3) is 5.53. The molecule has 6 heteroatoms. The maximum absolute atomic E-state index is 11.1. The van der Waals surface area contributed by atoms with Gasteiger partial charge in [0.1, 0.15) is 0 Å². The van der Waals surface area contributed by atoms with Crippen molar-refractivity contribution in [2.45, 2.75) is 38.6 Å². The summed E-state index contributed by atoms with van der Waals surface area (Å²) in [7, 11) is 5.96. The molecule has 1 saturated heterocycles. The van der Waals surface area contributed by atoms with Crippen LogP contribution in [0.25, 0.3) is 0 Å². The topological polar surface area (TPSA) is 74.0 Å². The molecule has 122 valence electrons. The highest BCUT2D eigenvalue weighted by atomic mass is 16.1. The Balaban J connectivity index is 2.58. The Morgan fingerprint density at radius 3 is 2.67 bits per heavy atom. The lowest BCUT2D eigenvalue weighted by molar-refractivity contribution is -0.119. The Kier molecular flexibility index (Phi) is 6.45. The summed E-state index contributed by atoms with van der Waals surface area (Å²) < 4.78 is 0. The molecule has 1 amide bonds. The molecule has 0 saturated carbocycles. The minimum absolute atomic E-state index is 0.0539. The van der Waals surface area contributed by atoms with Crippen molar-refractivity contribution in [1.82, 2.24) is 15.1 Å². The van der Waals surface area contributed by atoms with Crippen molar-refractivity contribution in [3.63, 3.8) is 0 Å². The molecule has 1 heterocycles. The maximum Gasteiger partial charge on any atom is 0.217 e. The van der Waals surface area contributed by atoms with Crippen LogP contribution in [0, 0.1) is 5.92 Å². The predicted octanol–water partition coefficient (Wildman–Crippen LogP) is 0.489. The van der Waals surface area contributed by atoms with Gasteiger partial charge in [0.15, 0.2) is 5.96 Å². The van der Waals surface area contributed by atoms with Gasteiger partial charge in [0.2, 0.25) is 5.91 Å². The maximum atomic E-state index is 11.1. The number of rotatable bonds is 5. The second-order valence-corrected chi connectivity index (χ2v) is 6.73. The summed E-state index contributed by atoms with van der Waals surface area (Å²) >= 11 is 0. The fraction of sp³-hybridized carbons (Fsp3) is 0.867. The lowest BCUT2D eigenvalue weighted by atomic mass is 9.95. The average molecular weight is 297 g/mol. The lowest BCUT2D eigenvalue weighted by Gasteiger charge is -2.37. The molecule has 0 aromatic carbocycles. The molecule has 6 nitrogen and oxygen atoms in total. The normalized spacial score (nSPS) is 20.8. The van der Waals surface area contributed by atoms with E-state index < -0.39 is 0 Å². The minimum atomic E-state index is -0.210. The number of hydrogen-bond donors (Lipinski definition) is 2. The number of nitrogens with two attached hydrogens (primary N) is 1. The summed E-state index contributed by atoms with van der Waals surface area (Å²) in [5, 5.41) is 3.45. The van der Waals surface area contributed by atoms with E-state index in [-0.39, 0.29) is 11.4 Å². The van der Waals surface area contributed by atoms with E-state index in [1.807, 2.05) is 7.05 Å². The quantitative estimate of drug-likeness (QED) is 0.572. The molecule has 1 rings (SSSR count). The van der Waals surface area contributed by atoms with Gasteiger partial charge in [0.05, 0.1) is 0 Å².